The quantitative estimate of drug-likeness (QED) is 0.569. The molecule has 150 valence electrons. The molecule has 0 heterocycles. The van der Waals surface area contributed by atoms with Crippen LogP contribution in [0.3, 0.4) is 0 Å². The van der Waals surface area contributed by atoms with Gasteiger partial charge in [0.05, 0.1) is 18.2 Å². The Morgan fingerprint density at radius 1 is 1.04 bits per heavy atom. The van der Waals surface area contributed by atoms with Crippen molar-refractivity contribution in [2.24, 2.45) is 5.10 Å². The van der Waals surface area contributed by atoms with Gasteiger partial charge in [-0.25, -0.2) is 13.8 Å². The maximum atomic E-state index is 12.2. The van der Waals surface area contributed by atoms with E-state index in [0.29, 0.717) is 5.69 Å². The first-order valence-electron chi connectivity index (χ1n) is 8.72. The third-order valence-corrected chi connectivity index (χ3v) is 5.42. The first-order chi connectivity index (χ1) is 13.1. The zero-order valence-corrected chi connectivity index (χ0v) is 17.6. The van der Waals surface area contributed by atoms with Crippen molar-refractivity contribution in [3.05, 3.63) is 59.2 Å². The maximum absolute atomic E-state index is 12.2. The Kier molecular flexibility index (Phi) is 6.80. The van der Waals surface area contributed by atoms with Gasteiger partial charge in [-0.1, -0.05) is 18.2 Å². The van der Waals surface area contributed by atoms with E-state index in [1.807, 2.05) is 63.2 Å². The predicted molar refractivity (Wildman–Crippen MR) is 115 cm³/mol. The van der Waals surface area contributed by atoms with Crippen molar-refractivity contribution < 1.29 is 13.2 Å². The molecule has 0 aliphatic heterocycles. The Balaban J connectivity index is 2.06. The number of benzene rings is 2. The van der Waals surface area contributed by atoms with Gasteiger partial charge in [0.1, 0.15) is 6.54 Å². The fourth-order valence-electron chi connectivity index (χ4n) is 2.48. The van der Waals surface area contributed by atoms with Crippen molar-refractivity contribution in [1.29, 1.82) is 0 Å². The van der Waals surface area contributed by atoms with Crippen LogP contribution >= 0.6 is 0 Å². The molecule has 8 heteroatoms. The van der Waals surface area contributed by atoms with Crippen LogP contribution in [-0.4, -0.2) is 47.4 Å². The number of hydrazone groups is 1. The molecule has 7 nitrogen and oxygen atoms in total. The van der Waals surface area contributed by atoms with Crippen LogP contribution in [0.2, 0.25) is 0 Å². The van der Waals surface area contributed by atoms with Gasteiger partial charge in [0, 0.05) is 19.8 Å². The number of carbonyl (C=O) groups excluding carboxylic acids is 1. The zero-order valence-electron chi connectivity index (χ0n) is 16.8. The lowest BCUT2D eigenvalue weighted by Gasteiger charge is -2.22. The summed E-state index contributed by atoms with van der Waals surface area (Å²) in [6.07, 6.45) is 2.59. The summed E-state index contributed by atoms with van der Waals surface area (Å²) in [7, 11) is 0.285. The van der Waals surface area contributed by atoms with E-state index in [-0.39, 0.29) is 6.54 Å². The van der Waals surface area contributed by atoms with Crippen molar-refractivity contribution in [2.75, 3.05) is 36.1 Å². The molecular formula is C20H26N4O3S. The van der Waals surface area contributed by atoms with Crippen molar-refractivity contribution in [2.45, 2.75) is 13.8 Å². The van der Waals surface area contributed by atoms with Crippen LogP contribution in [0.15, 0.2) is 47.6 Å². The Morgan fingerprint density at radius 2 is 1.64 bits per heavy atom. The fraction of sp³-hybridized carbons (Fsp3) is 0.300. The fourth-order valence-corrected chi connectivity index (χ4v) is 3.33. The summed E-state index contributed by atoms with van der Waals surface area (Å²) in [6, 6.07) is 12.9. The predicted octanol–water partition coefficient (Wildman–Crippen LogP) is 2.29. The third-order valence-electron chi connectivity index (χ3n) is 4.28. The summed E-state index contributed by atoms with van der Waals surface area (Å²) in [5.41, 5.74) is 6.70. The van der Waals surface area contributed by atoms with E-state index in [2.05, 4.69) is 10.5 Å². The number of hydrogen-bond acceptors (Lipinski definition) is 5. The second-order valence-electron chi connectivity index (χ2n) is 6.82. The van der Waals surface area contributed by atoms with Crippen LogP contribution in [0, 0.1) is 13.8 Å². The summed E-state index contributed by atoms with van der Waals surface area (Å²) in [5, 5.41) is 3.92. The van der Waals surface area contributed by atoms with Crippen LogP contribution in [0.1, 0.15) is 16.7 Å². The van der Waals surface area contributed by atoms with E-state index in [1.54, 1.807) is 12.1 Å². The maximum Gasteiger partial charge on any atom is 0.260 e. The van der Waals surface area contributed by atoms with Gasteiger partial charge in [0.15, 0.2) is 0 Å². The van der Waals surface area contributed by atoms with Gasteiger partial charge in [-0.3, -0.25) is 9.10 Å². The van der Waals surface area contributed by atoms with Gasteiger partial charge in [0.2, 0.25) is 10.0 Å². The molecule has 0 aromatic heterocycles. The molecule has 0 fully saturated rings. The highest BCUT2D eigenvalue weighted by Gasteiger charge is 2.21. The average molecular weight is 403 g/mol. The number of anilines is 2. The number of nitrogens with one attached hydrogen (secondary N) is 1. The van der Waals surface area contributed by atoms with E-state index < -0.39 is 15.9 Å². The van der Waals surface area contributed by atoms with Crippen molar-refractivity contribution >= 4 is 33.5 Å². The van der Waals surface area contributed by atoms with Gasteiger partial charge in [-0.2, -0.15) is 5.10 Å². The van der Waals surface area contributed by atoms with Crippen molar-refractivity contribution in [1.82, 2.24) is 5.43 Å². The Morgan fingerprint density at radius 3 is 2.18 bits per heavy atom. The third kappa shape index (κ3) is 5.82. The monoisotopic (exact) mass is 402 g/mol. The number of carbonyl (C=O) groups is 1. The molecule has 0 aliphatic carbocycles. The smallest absolute Gasteiger partial charge is 0.260 e. The van der Waals surface area contributed by atoms with Gasteiger partial charge in [-0.05, 0) is 54.8 Å². The lowest BCUT2D eigenvalue weighted by Crippen LogP contribution is -2.39. The first kappa shape index (κ1) is 21.4. The SMILES string of the molecule is Cc1ccc(N(CC(=O)N/N=C\c2ccc(N(C)C)cc2)S(C)(=O)=O)cc1C. The highest BCUT2D eigenvalue weighted by Crippen LogP contribution is 2.21. The van der Waals surface area contributed by atoms with E-state index in [9.17, 15) is 13.2 Å². The first-order valence-corrected chi connectivity index (χ1v) is 10.6. The minimum absolute atomic E-state index is 0.349. The minimum Gasteiger partial charge on any atom is -0.378 e. The second-order valence-corrected chi connectivity index (χ2v) is 8.72. The topological polar surface area (TPSA) is 82.1 Å². The molecular weight excluding hydrogens is 376 g/mol. The Labute approximate surface area is 166 Å². The van der Waals surface area contributed by atoms with Gasteiger partial charge in [-0.15, -0.1) is 0 Å². The molecule has 2 aromatic rings. The molecule has 0 unspecified atom stereocenters. The van der Waals surface area contributed by atoms with E-state index >= 15 is 0 Å². The molecule has 0 radical (unpaired) electrons. The van der Waals surface area contributed by atoms with Gasteiger partial charge < -0.3 is 4.90 Å². The molecule has 28 heavy (non-hydrogen) atoms. The standard InChI is InChI=1S/C20H26N4O3S/c1-15-6-9-19(12-16(15)2)24(28(5,26)27)14-20(25)22-21-13-17-7-10-18(11-8-17)23(3)4/h6-13H,14H2,1-5H3,(H,22,25)/b21-13-. The summed E-state index contributed by atoms with van der Waals surface area (Å²) < 4.78 is 25.4. The second kappa shape index (κ2) is 8.88. The summed E-state index contributed by atoms with van der Waals surface area (Å²) in [5.74, 6) is -0.523. The molecule has 0 bridgehead atoms. The average Bonchev–Trinajstić information content (AvgIpc) is 2.61. The highest BCUT2D eigenvalue weighted by atomic mass is 32.2. The van der Waals surface area contributed by atoms with Crippen LogP contribution in [-0.2, 0) is 14.8 Å². The van der Waals surface area contributed by atoms with E-state index in [0.717, 1.165) is 32.9 Å². The molecule has 0 atom stereocenters. The van der Waals surface area contributed by atoms with Crippen LogP contribution in [0.4, 0.5) is 11.4 Å². The number of nitrogens with zero attached hydrogens (tertiary/aromatic N) is 3. The largest absolute Gasteiger partial charge is 0.378 e. The highest BCUT2D eigenvalue weighted by molar-refractivity contribution is 7.92. The zero-order chi connectivity index (χ0) is 20.9. The lowest BCUT2D eigenvalue weighted by atomic mass is 10.1. The molecule has 2 rings (SSSR count). The van der Waals surface area contributed by atoms with Crippen LogP contribution in [0.5, 0.6) is 0 Å². The molecule has 0 saturated carbocycles. The summed E-state index contributed by atoms with van der Waals surface area (Å²) in [4.78, 5) is 14.2. The number of sulfonamides is 1. The number of aryl methyl sites for hydroxylation is 2. The van der Waals surface area contributed by atoms with E-state index in [4.69, 9.17) is 0 Å². The molecule has 1 N–H and O–H groups in total. The van der Waals surface area contributed by atoms with Crippen molar-refractivity contribution in [3.63, 3.8) is 0 Å². The minimum atomic E-state index is -3.62. The normalized spacial score (nSPS) is 11.5. The molecule has 0 aliphatic rings. The van der Waals surface area contributed by atoms with Gasteiger partial charge >= 0.3 is 0 Å². The van der Waals surface area contributed by atoms with Crippen LogP contribution < -0.4 is 14.6 Å². The Bertz CT molecular complexity index is 967. The van der Waals surface area contributed by atoms with E-state index in [1.165, 1.54) is 6.21 Å². The number of rotatable bonds is 7. The molecule has 0 saturated heterocycles. The lowest BCUT2D eigenvalue weighted by molar-refractivity contribution is -0.119. The Hall–Kier alpha value is -2.87. The van der Waals surface area contributed by atoms with Crippen molar-refractivity contribution in [3.8, 4) is 0 Å². The number of amides is 1. The molecule has 2 aromatic carbocycles. The molecule has 0 spiro atoms. The van der Waals surface area contributed by atoms with Gasteiger partial charge in [0.25, 0.3) is 5.91 Å². The molecule has 1 amide bonds. The summed E-state index contributed by atoms with van der Waals surface area (Å²) >= 11 is 0. The number of hydrogen-bond donors (Lipinski definition) is 1. The summed E-state index contributed by atoms with van der Waals surface area (Å²) in [6.45, 7) is 3.49. The van der Waals surface area contributed by atoms with Crippen LogP contribution in [0.25, 0.3) is 0 Å².